The Morgan fingerprint density at radius 3 is 2.47 bits per heavy atom. The molecule has 0 aliphatic heterocycles. The summed E-state index contributed by atoms with van der Waals surface area (Å²) in [5, 5.41) is 12.9. The highest BCUT2D eigenvalue weighted by Crippen LogP contribution is 2.22. The van der Waals surface area contributed by atoms with Crippen LogP contribution >= 0.6 is 0 Å². The first kappa shape index (κ1) is 31.9. The van der Waals surface area contributed by atoms with Crippen LogP contribution in [0.3, 0.4) is 0 Å². The number of aromatic nitrogens is 2. The lowest BCUT2D eigenvalue weighted by molar-refractivity contribution is -0.120. The third kappa shape index (κ3) is 10.5. The number of anilines is 1. The van der Waals surface area contributed by atoms with Crippen molar-refractivity contribution in [3.05, 3.63) is 112 Å². The van der Waals surface area contributed by atoms with Crippen LogP contribution in [0.4, 0.5) is 5.82 Å². The highest BCUT2D eigenvalue weighted by atomic mass is 16.1. The number of H-pyrrole nitrogens is 1. The first-order valence-corrected chi connectivity index (χ1v) is 13.0. The molecule has 0 atom stereocenters. The van der Waals surface area contributed by atoms with Crippen molar-refractivity contribution in [2.75, 3.05) is 18.4 Å². The van der Waals surface area contributed by atoms with Crippen molar-refractivity contribution in [2.24, 2.45) is 5.73 Å². The highest BCUT2D eigenvalue weighted by Gasteiger charge is 2.09. The van der Waals surface area contributed by atoms with Gasteiger partial charge in [-0.1, -0.05) is 55.5 Å². The maximum Gasteiger partial charge on any atom is 0.268 e. The fourth-order valence-corrected chi connectivity index (χ4v) is 3.82. The van der Waals surface area contributed by atoms with Crippen molar-refractivity contribution >= 4 is 17.3 Å². The quantitative estimate of drug-likeness (QED) is 0.162. The Bertz CT molecular complexity index is 1190. The van der Waals surface area contributed by atoms with Gasteiger partial charge in [0.1, 0.15) is 5.82 Å². The number of nitrogens with one attached hydrogen (secondary N) is 3. The van der Waals surface area contributed by atoms with Crippen molar-refractivity contribution in [2.45, 2.75) is 53.4 Å². The molecule has 2 rings (SSSR count). The molecule has 7 heteroatoms. The first-order chi connectivity index (χ1) is 18.4. The van der Waals surface area contributed by atoms with Crippen molar-refractivity contribution < 1.29 is 4.79 Å². The summed E-state index contributed by atoms with van der Waals surface area (Å²) in [6, 6.07) is 7.98. The lowest BCUT2D eigenvalue weighted by Gasteiger charge is -2.11. The summed E-state index contributed by atoms with van der Waals surface area (Å²) in [6.45, 7) is 15.2. The Labute approximate surface area is 227 Å². The summed E-state index contributed by atoms with van der Waals surface area (Å²) >= 11 is 0. The van der Waals surface area contributed by atoms with E-state index in [1.54, 1.807) is 0 Å². The normalized spacial score (nSPS) is 11.9. The van der Waals surface area contributed by atoms with E-state index in [-0.39, 0.29) is 11.5 Å². The molecule has 0 spiro atoms. The number of allylic oxidation sites excluding steroid dienone is 7. The topological polar surface area (TPSA) is 113 Å². The maximum absolute atomic E-state index is 12.4. The lowest BCUT2D eigenvalue weighted by Crippen LogP contribution is -2.27. The number of carbonyl (C=O) groups is 1. The van der Waals surface area contributed by atoms with Gasteiger partial charge in [0.15, 0.2) is 0 Å². The molecule has 0 saturated heterocycles. The Kier molecular flexibility index (Phi) is 15.2. The molecule has 1 aromatic carbocycles. The van der Waals surface area contributed by atoms with Crippen LogP contribution in [0.2, 0.25) is 0 Å². The number of hydrogen-bond acceptors (Lipinski definition) is 5. The van der Waals surface area contributed by atoms with Crippen molar-refractivity contribution in [3.8, 4) is 0 Å². The molecular weight excluding hydrogens is 474 g/mol. The molecule has 1 aromatic heterocycles. The molecule has 38 heavy (non-hydrogen) atoms. The molecule has 0 fully saturated rings. The molecule has 1 amide bonds. The minimum Gasteiger partial charge on any atom is -0.405 e. The molecule has 2 aromatic rings. The van der Waals surface area contributed by atoms with Gasteiger partial charge < -0.3 is 16.4 Å². The van der Waals surface area contributed by atoms with Gasteiger partial charge in [-0.2, -0.15) is 5.10 Å². The Morgan fingerprint density at radius 1 is 1.13 bits per heavy atom. The van der Waals surface area contributed by atoms with Gasteiger partial charge in [0, 0.05) is 24.2 Å². The predicted molar refractivity (Wildman–Crippen MR) is 161 cm³/mol. The molecule has 0 aliphatic carbocycles. The summed E-state index contributed by atoms with van der Waals surface area (Å²) in [5.41, 5.74) is 11.2. The van der Waals surface area contributed by atoms with E-state index in [2.05, 4.69) is 40.9 Å². The van der Waals surface area contributed by atoms with Crippen molar-refractivity contribution in [3.63, 3.8) is 0 Å². The number of benzene rings is 1. The van der Waals surface area contributed by atoms with Gasteiger partial charge in [0.05, 0.1) is 6.42 Å². The zero-order valence-electron chi connectivity index (χ0n) is 23.3. The van der Waals surface area contributed by atoms with E-state index in [9.17, 15) is 9.59 Å². The van der Waals surface area contributed by atoms with Gasteiger partial charge in [-0.15, -0.1) is 13.2 Å². The highest BCUT2D eigenvalue weighted by molar-refractivity contribution is 5.80. The Morgan fingerprint density at radius 2 is 1.84 bits per heavy atom. The molecule has 1 heterocycles. The summed E-state index contributed by atoms with van der Waals surface area (Å²) < 4.78 is 0. The van der Waals surface area contributed by atoms with E-state index in [1.165, 1.54) is 6.20 Å². The number of carbonyl (C=O) groups excluding carboxylic acids is 1. The average molecular weight is 518 g/mol. The van der Waals surface area contributed by atoms with Gasteiger partial charge in [0.25, 0.3) is 5.56 Å². The SMILES string of the molecule is C=C.C\C=C/C(C)=C(\C=C\N)c1ccc(CC(=O)NCCCNc2n[nH]c(=O)c(C/C=C\CC)c2C)cc1. The predicted octanol–water partition coefficient (Wildman–Crippen LogP) is 5.37. The molecule has 0 saturated carbocycles. The van der Waals surface area contributed by atoms with Crippen LogP contribution in [0.15, 0.2) is 84.4 Å². The summed E-state index contributed by atoms with van der Waals surface area (Å²) in [4.78, 5) is 24.5. The van der Waals surface area contributed by atoms with Crippen LogP contribution in [-0.2, 0) is 17.6 Å². The third-order valence-electron chi connectivity index (χ3n) is 5.78. The fourth-order valence-electron chi connectivity index (χ4n) is 3.82. The van der Waals surface area contributed by atoms with Crippen LogP contribution in [0.1, 0.15) is 55.9 Å². The molecule has 5 N–H and O–H groups in total. The maximum atomic E-state index is 12.4. The molecule has 0 unspecified atom stereocenters. The Hall–Kier alpha value is -4.13. The van der Waals surface area contributed by atoms with Crippen LogP contribution < -0.4 is 21.9 Å². The number of amides is 1. The van der Waals surface area contributed by atoms with E-state index in [0.29, 0.717) is 31.7 Å². The van der Waals surface area contributed by atoms with Crippen LogP contribution in [0.25, 0.3) is 5.57 Å². The van der Waals surface area contributed by atoms with Gasteiger partial charge in [-0.05, 0) is 74.6 Å². The zero-order valence-corrected chi connectivity index (χ0v) is 23.3. The first-order valence-electron chi connectivity index (χ1n) is 13.0. The second kappa shape index (κ2) is 18.2. The smallest absolute Gasteiger partial charge is 0.268 e. The second-order valence-corrected chi connectivity index (χ2v) is 8.55. The summed E-state index contributed by atoms with van der Waals surface area (Å²) in [6.07, 6.45) is 14.1. The molecule has 0 aliphatic rings. The number of hydrogen-bond donors (Lipinski definition) is 4. The largest absolute Gasteiger partial charge is 0.405 e. The second-order valence-electron chi connectivity index (χ2n) is 8.55. The molecule has 7 nitrogen and oxygen atoms in total. The number of nitrogens with two attached hydrogens (primary N) is 1. The minimum absolute atomic E-state index is 0.0196. The van der Waals surface area contributed by atoms with E-state index >= 15 is 0 Å². The van der Waals surface area contributed by atoms with Crippen molar-refractivity contribution in [1.29, 1.82) is 0 Å². The van der Waals surface area contributed by atoms with Crippen LogP contribution in [-0.4, -0.2) is 29.2 Å². The van der Waals surface area contributed by atoms with E-state index < -0.39 is 0 Å². The standard InChI is InChI=1S/C29H39N5O2.C2H4/c1-5-7-8-11-26-22(4)28(33-34-29(26)36)32-19-9-18-31-27(35)20-23-12-14-24(15-13-23)25(16-17-30)21(3)10-6-2;1-2/h6-8,10,12-17H,5,9,11,18-20,30H2,1-4H3,(H,31,35)(H,32,33)(H,34,36);1-2H2/b8-7-,10-6-,17-16+,25-21+;. The van der Waals surface area contributed by atoms with Crippen molar-refractivity contribution in [1.82, 2.24) is 15.5 Å². The Balaban J connectivity index is 0.00000352. The van der Waals surface area contributed by atoms with E-state index in [4.69, 9.17) is 5.73 Å². The molecule has 0 radical (unpaired) electrons. The van der Waals surface area contributed by atoms with Gasteiger partial charge in [-0.3, -0.25) is 9.59 Å². The van der Waals surface area contributed by atoms with Gasteiger partial charge in [-0.25, -0.2) is 5.10 Å². The molecular formula is C31H43N5O2. The number of rotatable bonds is 13. The summed E-state index contributed by atoms with van der Waals surface area (Å²) in [5.74, 6) is 0.650. The van der Waals surface area contributed by atoms with Crippen LogP contribution in [0, 0.1) is 6.92 Å². The summed E-state index contributed by atoms with van der Waals surface area (Å²) in [7, 11) is 0. The monoisotopic (exact) mass is 517 g/mol. The average Bonchev–Trinajstić information content (AvgIpc) is 2.92. The minimum atomic E-state index is -0.157. The van der Waals surface area contributed by atoms with E-state index in [0.717, 1.165) is 46.2 Å². The van der Waals surface area contributed by atoms with Gasteiger partial charge >= 0.3 is 0 Å². The van der Waals surface area contributed by atoms with Gasteiger partial charge in [0.2, 0.25) is 5.91 Å². The molecule has 0 bridgehead atoms. The van der Waals surface area contributed by atoms with E-state index in [1.807, 2.05) is 75.4 Å². The zero-order chi connectivity index (χ0) is 28.3. The van der Waals surface area contributed by atoms with Crippen LogP contribution in [0.5, 0.6) is 0 Å². The molecule has 204 valence electrons. The number of nitrogens with zero attached hydrogens (tertiary/aromatic N) is 1. The number of aromatic amines is 1. The fraction of sp³-hybridized carbons (Fsp3) is 0.323. The third-order valence-corrected chi connectivity index (χ3v) is 5.78. The lowest BCUT2D eigenvalue weighted by atomic mass is 9.98.